The summed E-state index contributed by atoms with van der Waals surface area (Å²) >= 11 is 0. The fourth-order valence-electron chi connectivity index (χ4n) is 2.65. The standard InChI is InChI=1S/C15H23P.B/c1-16(15-10-6-3-7-11-15)13-12-14-8-4-2-5-9-14;/h2,4-5,8-9,15H,3,6-7,10-13H2,1H3;/t16-;/m1./s1. The van der Waals surface area contributed by atoms with Crippen LogP contribution in [0.15, 0.2) is 30.3 Å². The zero-order valence-corrected chi connectivity index (χ0v) is 11.8. The third-order valence-electron chi connectivity index (χ3n) is 3.79. The van der Waals surface area contributed by atoms with Crippen LogP contribution in [0.1, 0.15) is 37.7 Å². The molecule has 1 aromatic carbocycles. The normalized spacial score (nSPS) is 18.4. The Bertz CT molecular complexity index is 293. The van der Waals surface area contributed by atoms with Crippen molar-refractivity contribution in [2.45, 2.75) is 44.2 Å². The molecule has 1 aromatic rings. The molecule has 2 rings (SSSR count). The van der Waals surface area contributed by atoms with Crippen molar-refractivity contribution in [3.8, 4) is 0 Å². The summed E-state index contributed by atoms with van der Waals surface area (Å²) in [5.74, 6) is 0. The maximum absolute atomic E-state index is 2.52. The molecule has 1 aliphatic rings. The topological polar surface area (TPSA) is 0 Å². The molecule has 0 aromatic heterocycles. The maximum Gasteiger partial charge on any atom is 0 e. The van der Waals surface area contributed by atoms with Crippen LogP contribution in [0.25, 0.3) is 0 Å². The summed E-state index contributed by atoms with van der Waals surface area (Å²) in [7, 11) is 0.278. The highest BCUT2D eigenvalue weighted by molar-refractivity contribution is 7.57. The lowest BCUT2D eigenvalue weighted by Crippen LogP contribution is -2.12. The van der Waals surface area contributed by atoms with Gasteiger partial charge in [-0.15, -0.1) is 7.92 Å². The lowest BCUT2D eigenvalue weighted by molar-refractivity contribution is 0.511. The van der Waals surface area contributed by atoms with E-state index in [4.69, 9.17) is 0 Å². The Morgan fingerprint density at radius 3 is 2.35 bits per heavy atom. The molecule has 3 radical (unpaired) electrons. The minimum Gasteiger partial charge on any atom is -0.106 e. The molecule has 0 nitrogen and oxygen atoms in total. The van der Waals surface area contributed by atoms with E-state index >= 15 is 0 Å². The Morgan fingerprint density at radius 2 is 1.71 bits per heavy atom. The molecule has 0 spiro atoms. The first-order valence-corrected chi connectivity index (χ1v) is 8.65. The number of hydrogen-bond acceptors (Lipinski definition) is 0. The minimum atomic E-state index is 0. The van der Waals surface area contributed by atoms with Gasteiger partial charge in [0.1, 0.15) is 0 Å². The number of benzene rings is 1. The van der Waals surface area contributed by atoms with Crippen LogP contribution < -0.4 is 0 Å². The molecule has 0 saturated heterocycles. The van der Waals surface area contributed by atoms with Gasteiger partial charge in [-0.2, -0.15) is 0 Å². The fourth-order valence-corrected chi connectivity index (χ4v) is 4.88. The van der Waals surface area contributed by atoms with Crippen molar-refractivity contribution in [1.29, 1.82) is 0 Å². The van der Waals surface area contributed by atoms with Crippen LogP contribution in [0.2, 0.25) is 0 Å². The van der Waals surface area contributed by atoms with E-state index in [9.17, 15) is 0 Å². The summed E-state index contributed by atoms with van der Waals surface area (Å²) in [6.07, 6.45) is 10.2. The highest BCUT2D eigenvalue weighted by atomic mass is 31.1. The number of hydrogen-bond donors (Lipinski definition) is 0. The van der Waals surface area contributed by atoms with Gasteiger partial charge < -0.3 is 0 Å². The van der Waals surface area contributed by atoms with Crippen molar-refractivity contribution in [1.82, 2.24) is 0 Å². The lowest BCUT2D eigenvalue weighted by atomic mass is 10.0. The predicted octanol–water partition coefficient (Wildman–Crippen LogP) is 4.29. The zero-order chi connectivity index (χ0) is 11.2. The van der Waals surface area contributed by atoms with Crippen molar-refractivity contribution >= 4 is 16.3 Å². The minimum absolute atomic E-state index is 0. The number of aryl methyl sites for hydroxylation is 1. The Balaban J connectivity index is 0.00000144. The summed E-state index contributed by atoms with van der Waals surface area (Å²) in [6, 6.07) is 11.0. The van der Waals surface area contributed by atoms with E-state index in [0.717, 1.165) is 5.66 Å². The largest absolute Gasteiger partial charge is 0.106 e. The maximum atomic E-state index is 2.52. The Kier molecular flexibility index (Phi) is 6.89. The van der Waals surface area contributed by atoms with Gasteiger partial charge in [-0.25, -0.2) is 0 Å². The average molecular weight is 245 g/mol. The van der Waals surface area contributed by atoms with Gasteiger partial charge in [0.25, 0.3) is 0 Å². The molecule has 0 amide bonds. The van der Waals surface area contributed by atoms with E-state index in [2.05, 4.69) is 37.0 Å². The van der Waals surface area contributed by atoms with Gasteiger partial charge in [0, 0.05) is 8.41 Å². The van der Waals surface area contributed by atoms with Crippen LogP contribution in [-0.2, 0) is 6.42 Å². The van der Waals surface area contributed by atoms with E-state index < -0.39 is 0 Å². The Labute approximate surface area is 110 Å². The number of rotatable bonds is 4. The highest BCUT2D eigenvalue weighted by Crippen LogP contribution is 2.44. The van der Waals surface area contributed by atoms with Crippen molar-refractivity contribution in [2.75, 3.05) is 12.8 Å². The molecule has 0 bridgehead atoms. The van der Waals surface area contributed by atoms with E-state index in [0.29, 0.717) is 0 Å². The molecule has 91 valence electrons. The molecular formula is C15H23BP. The van der Waals surface area contributed by atoms with Crippen molar-refractivity contribution < 1.29 is 0 Å². The molecule has 2 heteroatoms. The fraction of sp³-hybridized carbons (Fsp3) is 0.600. The van der Waals surface area contributed by atoms with Gasteiger partial charge in [-0.05, 0) is 43.3 Å². The average Bonchev–Trinajstić information content (AvgIpc) is 2.38. The SMILES string of the molecule is C[P@](CCc1ccccc1)C1CCCCC1.[B]. The van der Waals surface area contributed by atoms with Crippen LogP contribution in [0, 0.1) is 0 Å². The molecular weight excluding hydrogens is 222 g/mol. The Morgan fingerprint density at radius 1 is 1.06 bits per heavy atom. The van der Waals surface area contributed by atoms with Gasteiger partial charge in [0.15, 0.2) is 0 Å². The van der Waals surface area contributed by atoms with Crippen LogP contribution >= 0.6 is 7.92 Å². The molecule has 1 atom stereocenters. The van der Waals surface area contributed by atoms with Gasteiger partial charge in [0.2, 0.25) is 0 Å². The van der Waals surface area contributed by atoms with E-state index in [1.165, 1.54) is 50.3 Å². The second-order valence-electron chi connectivity index (χ2n) is 5.01. The smallest absolute Gasteiger partial charge is 0 e. The summed E-state index contributed by atoms with van der Waals surface area (Å²) in [5.41, 5.74) is 2.60. The Hall–Kier alpha value is -0.285. The summed E-state index contributed by atoms with van der Waals surface area (Å²) < 4.78 is 0. The second kappa shape index (κ2) is 7.93. The third kappa shape index (κ3) is 4.84. The monoisotopic (exact) mass is 245 g/mol. The predicted molar refractivity (Wildman–Crippen MR) is 80.5 cm³/mol. The molecule has 1 aliphatic carbocycles. The van der Waals surface area contributed by atoms with Crippen molar-refractivity contribution in [2.24, 2.45) is 0 Å². The molecule has 0 aliphatic heterocycles. The van der Waals surface area contributed by atoms with Gasteiger partial charge in [-0.1, -0.05) is 49.6 Å². The van der Waals surface area contributed by atoms with Gasteiger partial charge >= 0.3 is 0 Å². The van der Waals surface area contributed by atoms with Crippen LogP contribution in [0.3, 0.4) is 0 Å². The highest BCUT2D eigenvalue weighted by Gasteiger charge is 2.18. The molecule has 0 heterocycles. The van der Waals surface area contributed by atoms with Gasteiger partial charge in [-0.3, -0.25) is 0 Å². The summed E-state index contributed by atoms with van der Waals surface area (Å²) in [5, 5.41) is 0. The molecule has 1 saturated carbocycles. The second-order valence-corrected chi connectivity index (χ2v) is 7.70. The third-order valence-corrected chi connectivity index (χ3v) is 6.49. The van der Waals surface area contributed by atoms with Crippen molar-refractivity contribution in [3.05, 3.63) is 35.9 Å². The first-order valence-electron chi connectivity index (χ1n) is 6.60. The molecule has 0 N–H and O–H groups in total. The van der Waals surface area contributed by atoms with Gasteiger partial charge in [0.05, 0.1) is 0 Å². The first-order chi connectivity index (χ1) is 7.86. The van der Waals surface area contributed by atoms with Crippen LogP contribution in [0.5, 0.6) is 0 Å². The molecule has 0 unspecified atom stereocenters. The van der Waals surface area contributed by atoms with Crippen molar-refractivity contribution in [3.63, 3.8) is 0 Å². The first kappa shape index (κ1) is 14.8. The van der Waals surface area contributed by atoms with E-state index in [1.807, 2.05) is 0 Å². The summed E-state index contributed by atoms with van der Waals surface area (Å²) in [4.78, 5) is 0. The quantitative estimate of drug-likeness (QED) is 0.548. The lowest BCUT2D eigenvalue weighted by Gasteiger charge is -2.28. The van der Waals surface area contributed by atoms with E-state index in [-0.39, 0.29) is 16.3 Å². The molecule has 1 fully saturated rings. The van der Waals surface area contributed by atoms with Crippen LogP contribution in [-0.4, -0.2) is 26.9 Å². The van der Waals surface area contributed by atoms with E-state index in [1.54, 1.807) is 0 Å². The molecule has 17 heavy (non-hydrogen) atoms. The zero-order valence-electron chi connectivity index (χ0n) is 10.9. The van der Waals surface area contributed by atoms with Crippen LogP contribution in [0.4, 0.5) is 0 Å². The summed E-state index contributed by atoms with van der Waals surface area (Å²) in [6.45, 7) is 2.52.